The second-order valence-corrected chi connectivity index (χ2v) is 10.1. The molecule has 2 aromatic heterocycles. The number of nitrogens with zero attached hydrogens (tertiary/aromatic N) is 1. The highest BCUT2D eigenvalue weighted by molar-refractivity contribution is 7.16. The van der Waals surface area contributed by atoms with Gasteiger partial charge in [-0.05, 0) is 61.1 Å². The summed E-state index contributed by atoms with van der Waals surface area (Å²) < 4.78 is 11.0. The molecule has 8 heteroatoms. The Bertz CT molecular complexity index is 1110. The molecule has 1 atom stereocenters. The number of morpholine rings is 1. The Kier molecular flexibility index (Phi) is 6.58. The van der Waals surface area contributed by atoms with Crippen LogP contribution < -0.4 is 5.32 Å². The van der Waals surface area contributed by atoms with E-state index in [2.05, 4.69) is 10.2 Å². The summed E-state index contributed by atoms with van der Waals surface area (Å²) in [4.78, 5) is 16.7. The van der Waals surface area contributed by atoms with Gasteiger partial charge in [0.1, 0.15) is 5.00 Å². The third kappa shape index (κ3) is 4.35. The number of carbonyl (C=O) groups is 1. The second kappa shape index (κ2) is 9.57. The van der Waals surface area contributed by atoms with Gasteiger partial charge < -0.3 is 14.5 Å². The molecule has 1 fully saturated rings. The van der Waals surface area contributed by atoms with Crippen LogP contribution in [-0.2, 0) is 17.6 Å². The zero-order chi connectivity index (χ0) is 22.1. The van der Waals surface area contributed by atoms with Crippen LogP contribution in [0.1, 0.15) is 51.0 Å². The van der Waals surface area contributed by atoms with E-state index in [9.17, 15) is 4.79 Å². The molecule has 5 rings (SSSR count). The minimum Gasteiger partial charge on any atom is -0.459 e. The Labute approximate surface area is 201 Å². The molecule has 168 valence electrons. The van der Waals surface area contributed by atoms with Crippen molar-refractivity contribution in [3.05, 3.63) is 74.0 Å². The molecule has 1 aliphatic heterocycles. The van der Waals surface area contributed by atoms with Gasteiger partial charge in [-0.1, -0.05) is 29.3 Å². The fourth-order valence-electron chi connectivity index (χ4n) is 4.64. The topological polar surface area (TPSA) is 54.7 Å². The number of ether oxygens (including phenoxy) is 1. The number of halogens is 2. The Balaban J connectivity index is 1.64. The third-order valence-electron chi connectivity index (χ3n) is 6.13. The second-order valence-electron chi connectivity index (χ2n) is 8.10. The van der Waals surface area contributed by atoms with Gasteiger partial charge in [-0.3, -0.25) is 9.69 Å². The van der Waals surface area contributed by atoms with E-state index in [1.54, 1.807) is 29.5 Å². The van der Waals surface area contributed by atoms with Gasteiger partial charge in [-0.2, -0.15) is 0 Å². The van der Waals surface area contributed by atoms with Crippen molar-refractivity contribution in [1.29, 1.82) is 0 Å². The first-order chi connectivity index (χ1) is 15.6. The van der Waals surface area contributed by atoms with Crippen LogP contribution in [-0.4, -0.2) is 37.1 Å². The van der Waals surface area contributed by atoms with E-state index in [0.29, 0.717) is 29.0 Å². The number of fused-ring (bicyclic) bond motifs is 1. The quantitative estimate of drug-likeness (QED) is 0.462. The number of anilines is 1. The summed E-state index contributed by atoms with van der Waals surface area (Å²) >= 11 is 14.6. The van der Waals surface area contributed by atoms with Gasteiger partial charge in [0.2, 0.25) is 0 Å². The van der Waals surface area contributed by atoms with Crippen LogP contribution in [0.2, 0.25) is 10.0 Å². The average molecular weight is 491 g/mol. The van der Waals surface area contributed by atoms with Gasteiger partial charge >= 0.3 is 0 Å². The van der Waals surface area contributed by atoms with Crippen molar-refractivity contribution in [3.8, 4) is 0 Å². The summed E-state index contributed by atoms with van der Waals surface area (Å²) in [5, 5.41) is 5.27. The first-order valence-corrected chi connectivity index (χ1v) is 12.4. The minimum absolute atomic E-state index is 0.0892. The van der Waals surface area contributed by atoms with E-state index >= 15 is 0 Å². The molecule has 32 heavy (non-hydrogen) atoms. The van der Waals surface area contributed by atoms with Crippen LogP contribution in [0.25, 0.3) is 0 Å². The lowest BCUT2D eigenvalue weighted by Crippen LogP contribution is -2.40. The summed E-state index contributed by atoms with van der Waals surface area (Å²) in [7, 11) is 0. The van der Waals surface area contributed by atoms with Crippen molar-refractivity contribution in [2.45, 2.75) is 31.7 Å². The highest BCUT2D eigenvalue weighted by Gasteiger charge is 2.34. The van der Waals surface area contributed by atoms with Crippen molar-refractivity contribution in [3.63, 3.8) is 0 Å². The number of hydrogen-bond donors (Lipinski definition) is 1. The SMILES string of the molecule is O=C(Nc1sc2c(c1[C@@H](c1ccc(Cl)cc1Cl)N1CCOCC1)CCCC2)c1ccco1. The first kappa shape index (κ1) is 22.0. The van der Waals surface area contributed by atoms with Crippen LogP contribution in [0.3, 0.4) is 0 Å². The van der Waals surface area contributed by atoms with Crippen molar-refractivity contribution in [1.82, 2.24) is 4.90 Å². The number of carbonyl (C=O) groups excluding carboxylic acids is 1. The van der Waals surface area contributed by atoms with Crippen molar-refractivity contribution >= 4 is 45.4 Å². The summed E-state index contributed by atoms with van der Waals surface area (Å²) in [5.41, 5.74) is 3.49. The Hall–Kier alpha value is -1.83. The van der Waals surface area contributed by atoms with Crippen LogP contribution in [0.5, 0.6) is 0 Å². The molecule has 0 unspecified atom stereocenters. The van der Waals surface area contributed by atoms with Crippen LogP contribution in [0.15, 0.2) is 41.0 Å². The normalized spacial score (nSPS) is 17.7. The fourth-order valence-corrected chi connectivity index (χ4v) is 6.47. The standard InChI is InChI=1S/C24H24Cl2N2O3S/c25-15-7-8-16(18(26)14-15)22(28-9-12-30-13-10-28)21-17-4-1-2-6-20(17)32-24(21)27-23(29)19-5-3-11-31-19/h3,5,7-8,11,14,22H,1-2,4,6,9-10,12-13H2,(H,27,29)/t22-/m1/s1. The van der Waals surface area contributed by atoms with E-state index in [1.165, 1.54) is 23.1 Å². The van der Waals surface area contributed by atoms with Gasteiger partial charge in [-0.15, -0.1) is 11.3 Å². The third-order valence-corrected chi connectivity index (χ3v) is 7.91. The van der Waals surface area contributed by atoms with Gasteiger partial charge in [0, 0.05) is 33.6 Å². The van der Waals surface area contributed by atoms with Crippen LogP contribution in [0.4, 0.5) is 5.00 Å². The molecule has 0 radical (unpaired) electrons. The van der Waals surface area contributed by atoms with E-state index in [-0.39, 0.29) is 11.9 Å². The zero-order valence-electron chi connectivity index (χ0n) is 17.5. The largest absolute Gasteiger partial charge is 0.459 e. The molecule has 0 bridgehead atoms. The molecule has 1 N–H and O–H groups in total. The number of aryl methyl sites for hydroxylation is 1. The number of benzene rings is 1. The minimum atomic E-state index is -0.238. The Morgan fingerprint density at radius 1 is 1.12 bits per heavy atom. The highest BCUT2D eigenvalue weighted by Crippen LogP contribution is 2.47. The summed E-state index contributed by atoms with van der Waals surface area (Å²) in [6.45, 7) is 2.92. The maximum absolute atomic E-state index is 12.9. The lowest BCUT2D eigenvalue weighted by Gasteiger charge is -2.36. The van der Waals surface area contributed by atoms with E-state index in [4.69, 9.17) is 32.4 Å². The predicted molar refractivity (Wildman–Crippen MR) is 128 cm³/mol. The molecule has 3 heterocycles. The van der Waals surface area contributed by atoms with Crippen LogP contribution >= 0.6 is 34.5 Å². The molecule has 1 saturated heterocycles. The highest BCUT2D eigenvalue weighted by atomic mass is 35.5. The molecular formula is C24H24Cl2N2O3S. The molecule has 1 amide bonds. The summed E-state index contributed by atoms with van der Waals surface area (Å²) in [6, 6.07) is 9.00. The smallest absolute Gasteiger partial charge is 0.291 e. The molecule has 1 aromatic carbocycles. The maximum atomic E-state index is 12.9. The summed E-state index contributed by atoms with van der Waals surface area (Å²) in [6.07, 6.45) is 5.87. The number of furan rings is 1. The van der Waals surface area contributed by atoms with E-state index in [1.807, 2.05) is 12.1 Å². The fraction of sp³-hybridized carbons (Fsp3) is 0.375. The number of amides is 1. The predicted octanol–water partition coefficient (Wildman–Crippen LogP) is 6.20. The summed E-state index contributed by atoms with van der Waals surface area (Å²) in [5.74, 6) is 0.0625. The Morgan fingerprint density at radius 3 is 2.69 bits per heavy atom. The van der Waals surface area contributed by atoms with Gasteiger partial charge in [-0.25, -0.2) is 0 Å². The van der Waals surface area contributed by atoms with Gasteiger partial charge in [0.05, 0.1) is 25.5 Å². The monoisotopic (exact) mass is 490 g/mol. The number of nitrogens with one attached hydrogen (secondary N) is 1. The average Bonchev–Trinajstić information content (AvgIpc) is 3.45. The molecule has 0 spiro atoms. The number of hydrogen-bond acceptors (Lipinski definition) is 5. The maximum Gasteiger partial charge on any atom is 0.291 e. The lowest BCUT2D eigenvalue weighted by molar-refractivity contribution is 0.0239. The van der Waals surface area contributed by atoms with Crippen molar-refractivity contribution in [2.24, 2.45) is 0 Å². The molecule has 1 aliphatic carbocycles. The molecule has 2 aliphatic rings. The van der Waals surface area contributed by atoms with E-state index in [0.717, 1.165) is 48.5 Å². The number of thiophene rings is 1. The lowest BCUT2D eigenvalue weighted by atomic mass is 9.88. The van der Waals surface area contributed by atoms with Crippen molar-refractivity contribution in [2.75, 3.05) is 31.6 Å². The molecular weight excluding hydrogens is 467 g/mol. The molecule has 3 aromatic rings. The van der Waals surface area contributed by atoms with Gasteiger partial charge in [0.15, 0.2) is 5.76 Å². The number of rotatable bonds is 5. The molecule has 5 nitrogen and oxygen atoms in total. The van der Waals surface area contributed by atoms with Crippen LogP contribution in [0, 0.1) is 0 Å². The molecule has 0 saturated carbocycles. The zero-order valence-corrected chi connectivity index (χ0v) is 19.9. The van der Waals surface area contributed by atoms with E-state index < -0.39 is 0 Å². The Morgan fingerprint density at radius 2 is 1.94 bits per heavy atom. The van der Waals surface area contributed by atoms with Gasteiger partial charge in [0.25, 0.3) is 5.91 Å². The van der Waals surface area contributed by atoms with Crippen molar-refractivity contribution < 1.29 is 13.9 Å². The first-order valence-electron chi connectivity index (χ1n) is 10.9.